The number of hydrogen-bond donors (Lipinski definition) is 2. The summed E-state index contributed by atoms with van der Waals surface area (Å²) < 4.78 is 12.7. The van der Waals surface area contributed by atoms with Gasteiger partial charge in [-0.1, -0.05) is 73.8 Å². The molecule has 0 bridgehead atoms. The second kappa shape index (κ2) is 11.9. The molecule has 6 nitrogen and oxygen atoms in total. The summed E-state index contributed by atoms with van der Waals surface area (Å²) in [5.74, 6) is -0.291. The predicted molar refractivity (Wildman–Crippen MR) is 130 cm³/mol. The molecule has 0 aliphatic rings. The average molecular weight is 583 g/mol. The van der Waals surface area contributed by atoms with Gasteiger partial charge in [-0.05, 0) is 42.0 Å². The van der Waals surface area contributed by atoms with Crippen molar-refractivity contribution in [3.63, 3.8) is 0 Å². The lowest BCUT2D eigenvalue weighted by Crippen LogP contribution is -2.44. The summed E-state index contributed by atoms with van der Waals surface area (Å²) in [5.41, 5.74) is 6.11. The summed E-state index contributed by atoms with van der Waals surface area (Å²) in [6.45, 7) is 0.0840. The molecular weight excluding hydrogens is 564 g/mol. The third-order valence-electron chi connectivity index (χ3n) is 4.25. The van der Waals surface area contributed by atoms with Crippen LogP contribution in [0.4, 0.5) is 0 Å². The van der Waals surface area contributed by atoms with Crippen LogP contribution in [0.2, 0.25) is 5.02 Å². The van der Waals surface area contributed by atoms with E-state index in [9.17, 15) is 9.59 Å². The molecule has 166 valence electrons. The number of hydrogen-bond acceptors (Lipinski definition) is 4. The van der Waals surface area contributed by atoms with E-state index < -0.39 is 11.8 Å². The maximum absolute atomic E-state index is 12.6. The fourth-order valence-corrected chi connectivity index (χ4v) is 3.78. The number of carbonyl (C=O) groups is 2. The summed E-state index contributed by atoms with van der Waals surface area (Å²) in [5, 5.41) is 0.364. The quantitative estimate of drug-likeness (QED) is 0.353. The van der Waals surface area contributed by atoms with Crippen LogP contribution in [0.25, 0.3) is 0 Å². The van der Waals surface area contributed by atoms with E-state index in [0.29, 0.717) is 34.0 Å². The molecule has 9 heteroatoms. The molecule has 32 heavy (non-hydrogen) atoms. The smallest absolute Gasteiger partial charge is 0.276 e. The Morgan fingerprint density at radius 3 is 2.25 bits per heavy atom. The van der Waals surface area contributed by atoms with Gasteiger partial charge in [-0.15, -0.1) is 0 Å². The first-order valence-corrected chi connectivity index (χ1v) is 11.5. The Morgan fingerprint density at radius 2 is 1.53 bits per heavy atom. The minimum Gasteiger partial charge on any atom is -0.492 e. The average Bonchev–Trinajstić information content (AvgIpc) is 2.78. The zero-order valence-corrected chi connectivity index (χ0v) is 20.7. The van der Waals surface area contributed by atoms with Crippen LogP contribution in [-0.4, -0.2) is 25.0 Å². The molecule has 0 spiro atoms. The molecule has 2 N–H and O–H groups in total. The van der Waals surface area contributed by atoms with Gasteiger partial charge in [-0.25, -0.2) is 0 Å². The molecule has 2 amide bonds. The van der Waals surface area contributed by atoms with E-state index in [1.54, 1.807) is 36.4 Å². The third kappa shape index (κ3) is 7.25. The first-order valence-electron chi connectivity index (χ1n) is 9.55. The van der Waals surface area contributed by atoms with Gasteiger partial charge in [0.15, 0.2) is 6.61 Å². The lowest BCUT2D eigenvalue weighted by Gasteiger charge is -2.13. The normalized spacial score (nSPS) is 10.3. The standard InChI is InChI=1S/C23H19Br2ClN2O4/c24-16-6-8-20(31-11-10-15-4-2-1-3-5-15)18(12-16)23(30)28-27-22(29)14-32-21-9-7-17(25)13-19(21)26/h1-9,12-13H,10-11,14H2,(H,27,29)(H,28,30). The lowest BCUT2D eigenvalue weighted by molar-refractivity contribution is -0.123. The number of hydrazine groups is 1. The van der Waals surface area contributed by atoms with Gasteiger partial charge in [0.25, 0.3) is 11.8 Å². The molecule has 0 fully saturated rings. The highest BCUT2D eigenvalue weighted by atomic mass is 79.9. The molecule has 0 aliphatic heterocycles. The van der Waals surface area contributed by atoms with E-state index in [2.05, 4.69) is 42.7 Å². The van der Waals surface area contributed by atoms with Crippen LogP contribution in [0.3, 0.4) is 0 Å². The molecule has 0 heterocycles. The second-order valence-corrected chi connectivity index (χ2v) is 8.83. The van der Waals surface area contributed by atoms with Crippen LogP contribution in [0.5, 0.6) is 11.5 Å². The topological polar surface area (TPSA) is 76.7 Å². The zero-order valence-electron chi connectivity index (χ0n) is 16.7. The van der Waals surface area contributed by atoms with Crippen molar-refractivity contribution in [3.8, 4) is 11.5 Å². The Hall–Kier alpha value is -2.55. The Balaban J connectivity index is 1.53. The molecule has 0 radical (unpaired) electrons. The van der Waals surface area contributed by atoms with E-state index in [1.807, 2.05) is 30.3 Å². The largest absolute Gasteiger partial charge is 0.492 e. The molecule has 0 saturated heterocycles. The monoisotopic (exact) mass is 580 g/mol. The van der Waals surface area contributed by atoms with Crippen molar-refractivity contribution < 1.29 is 19.1 Å². The number of carbonyl (C=O) groups excluding carboxylic acids is 2. The van der Waals surface area contributed by atoms with Gasteiger partial charge in [0, 0.05) is 15.4 Å². The number of rotatable bonds is 8. The number of nitrogens with one attached hydrogen (secondary N) is 2. The van der Waals surface area contributed by atoms with Crippen LogP contribution < -0.4 is 20.3 Å². The van der Waals surface area contributed by atoms with Crippen molar-refractivity contribution in [2.45, 2.75) is 6.42 Å². The molecule has 0 aromatic heterocycles. The third-order valence-corrected chi connectivity index (χ3v) is 5.53. The Kier molecular flexibility index (Phi) is 8.96. The summed E-state index contributed by atoms with van der Waals surface area (Å²) in [7, 11) is 0. The minimum absolute atomic E-state index is 0.282. The van der Waals surface area contributed by atoms with Crippen LogP contribution in [0, 0.1) is 0 Å². The summed E-state index contributed by atoms with van der Waals surface area (Å²) in [4.78, 5) is 24.7. The molecule has 3 aromatic carbocycles. The van der Waals surface area contributed by atoms with Crippen LogP contribution in [0.15, 0.2) is 75.7 Å². The van der Waals surface area contributed by atoms with Crippen molar-refractivity contribution in [3.05, 3.63) is 91.8 Å². The van der Waals surface area contributed by atoms with Crippen molar-refractivity contribution in [2.24, 2.45) is 0 Å². The van der Waals surface area contributed by atoms with Crippen LogP contribution >= 0.6 is 43.5 Å². The highest BCUT2D eigenvalue weighted by Gasteiger charge is 2.15. The molecule has 0 atom stereocenters. The zero-order chi connectivity index (χ0) is 22.9. The summed E-state index contributed by atoms with van der Waals surface area (Å²) >= 11 is 12.7. The van der Waals surface area contributed by atoms with Crippen LogP contribution in [0.1, 0.15) is 15.9 Å². The molecule has 0 unspecified atom stereocenters. The fourth-order valence-electron chi connectivity index (χ4n) is 2.69. The lowest BCUT2D eigenvalue weighted by atomic mass is 10.1. The van der Waals surface area contributed by atoms with Gasteiger partial charge in [0.2, 0.25) is 0 Å². The number of halogens is 3. The molecule has 3 aromatic rings. The summed E-state index contributed by atoms with van der Waals surface area (Å²) in [6.07, 6.45) is 0.699. The molecule has 0 aliphatic carbocycles. The predicted octanol–water partition coefficient (Wildman–Crippen LogP) is 5.33. The van der Waals surface area contributed by atoms with Gasteiger partial charge in [0.05, 0.1) is 17.2 Å². The highest BCUT2D eigenvalue weighted by Crippen LogP contribution is 2.27. The number of amides is 2. The summed E-state index contributed by atoms with van der Waals surface area (Å²) in [6, 6.07) is 20.0. The van der Waals surface area contributed by atoms with Gasteiger partial charge < -0.3 is 9.47 Å². The van der Waals surface area contributed by atoms with Gasteiger partial charge in [0.1, 0.15) is 11.5 Å². The van der Waals surface area contributed by atoms with E-state index >= 15 is 0 Å². The maximum atomic E-state index is 12.6. The number of ether oxygens (including phenoxy) is 2. The number of benzene rings is 3. The van der Waals surface area contributed by atoms with Crippen molar-refractivity contribution in [2.75, 3.05) is 13.2 Å². The first kappa shape index (κ1) is 24.1. The molecular formula is C23H19Br2ClN2O4. The van der Waals surface area contributed by atoms with E-state index in [4.69, 9.17) is 21.1 Å². The SMILES string of the molecule is O=C(COc1ccc(Br)cc1Cl)NNC(=O)c1cc(Br)ccc1OCCc1ccccc1. The van der Waals surface area contributed by atoms with Gasteiger partial charge in [-0.2, -0.15) is 0 Å². The second-order valence-electron chi connectivity index (χ2n) is 6.59. The maximum Gasteiger partial charge on any atom is 0.276 e. The van der Waals surface area contributed by atoms with Gasteiger partial charge in [-0.3, -0.25) is 20.4 Å². The van der Waals surface area contributed by atoms with Crippen LogP contribution in [-0.2, 0) is 11.2 Å². The van der Waals surface area contributed by atoms with E-state index in [1.165, 1.54) is 0 Å². The Labute approximate surface area is 207 Å². The van der Waals surface area contributed by atoms with Gasteiger partial charge >= 0.3 is 0 Å². The molecule has 0 saturated carbocycles. The molecule has 3 rings (SSSR count). The van der Waals surface area contributed by atoms with Crippen molar-refractivity contribution in [1.29, 1.82) is 0 Å². The highest BCUT2D eigenvalue weighted by molar-refractivity contribution is 9.10. The Bertz CT molecular complexity index is 1100. The van der Waals surface area contributed by atoms with Crippen molar-refractivity contribution in [1.82, 2.24) is 10.9 Å². The van der Waals surface area contributed by atoms with E-state index in [0.717, 1.165) is 10.0 Å². The minimum atomic E-state index is -0.543. The van der Waals surface area contributed by atoms with Crippen molar-refractivity contribution >= 4 is 55.3 Å². The first-order chi connectivity index (χ1) is 15.4. The van der Waals surface area contributed by atoms with E-state index in [-0.39, 0.29) is 12.2 Å². The Morgan fingerprint density at radius 1 is 0.844 bits per heavy atom. The fraction of sp³-hybridized carbons (Fsp3) is 0.130.